The third-order valence-electron chi connectivity index (χ3n) is 5.75. The highest BCUT2D eigenvalue weighted by molar-refractivity contribution is 5.88. The van der Waals surface area contributed by atoms with E-state index >= 15 is 0 Å². The summed E-state index contributed by atoms with van der Waals surface area (Å²) in [6, 6.07) is 19.4. The SMILES string of the molecule is COc1ccc2cc([C@H](C)C(=O)N3CCN(c4ccc(O)cc4)CC3)ccc2c1. The van der Waals surface area contributed by atoms with Gasteiger partial charge >= 0.3 is 0 Å². The Bertz CT molecular complexity index is 1010. The first-order chi connectivity index (χ1) is 14.0. The first-order valence-electron chi connectivity index (χ1n) is 9.95. The molecule has 1 heterocycles. The summed E-state index contributed by atoms with van der Waals surface area (Å²) in [6.07, 6.45) is 0. The van der Waals surface area contributed by atoms with Gasteiger partial charge < -0.3 is 19.6 Å². The number of anilines is 1. The predicted molar refractivity (Wildman–Crippen MR) is 116 cm³/mol. The molecule has 3 aromatic carbocycles. The number of fused-ring (bicyclic) bond motifs is 1. The standard InChI is InChI=1S/C24H26N2O3/c1-17(18-3-4-20-16-23(29-2)10-5-19(20)15-18)24(28)26-13-11-25(12-14-26)21-6-8-22(27)9-7-21/h3-10,15-17,27H,11-14H2,1-2H3/t17-/m0/s1. The topological polar surface area (TPSA) is 53.0 Å². The summed E-state index contributed by atoms with van der Waals surface area (Å²) in [5.41, 5.74) is 2.11. The van der Waals surface area contributed by atoms with Gasteiger partial charge in [-0.25, -0.2) is 0 Å². The summed E-state index contributed by atoms with van der Waals surface area (Å²) in [7, 11) is 1.66. The van der Waals surface area contributed by atoms with Crippen LogP contribution in [0.2, 0.25) is 0 Å². The molecule has 29 heavy (non-hydrogen) atoms. The summed E-state index contributed by atoms with van der Waals surface area (Å²) in [5.74, 6) is 1.09. The van der Waals surface area contributed by atoms with E-state index in [2.05, 4.69) is 17.0 Å². The molecule has 0 spiro atoms. The quantitative estimate of drug-likeness (QED) is 0.731. The molecule has 1 aliphatic heterocycles. The van der Waals surface area contributed by atoms with Crippen LogP contribution in [-0.2, 0) is 4.79 Å². The second-order valence-electron chi connectivity index (χ2n) is 7.52. The van der Waals surface area contributed by atoms with E-state index in [9.17, 15) is 9.90 Å². The lowest BCUT2D eigenvalue weighted by Gasteiger charge is -2.37. The highest BCUT2D eigenvalue weighted by atomic mass is 16.5. The number of amides is 1. The second kappa shape index (κ2) is 8.03. The number of carbonyl (C=O) groups is 1. The minimum Gasteiger partial charge on any atom is -0.508 e. The molecule has 1 fully saturated rings. The number of hydrogen-bond acceptors (Lipinski definition) is 4. The van der Waals surface area contributed by atoms with E-state index in [0.29, 0.717) is 13.1 Å². The van der Waals surface area contributed by atoms with Gasteiger partial charge in [-0.05, 0) is 59.7 Å². The molecule has 1 amide bonds. The van der Waals surface area contributed by atoms with E-state index in [1.165, 1.54) is 0 Å². The lowest BCUT2D eigenvalue weighted by atomic mass is 9.96. The third-order valence-corrected chi connectivity index (χ3v) is 5.75. The molecule has 4 rings (SSSR count). The Kier molecular flexibility index (Phi) is 5.30. The molecule has 1 saturated heterocycles. The minimum atomic E-state index is -0.179. The molecule has 150 valence electrons. The maximum absolute atomic E-state index is 13.1. The van der Waals surface area contributed by atoms with Gasteiger partial charge in [0.2, 0.25) is 5.91 Å². The van der Waals surface area contributed by atoms with Crippen LogP contribution >= 0.6 is 0 Å². The molecule has 0 aromatic heterocycles. The van der Waals surface area contributed by atoms with Crippen molar-refractivity contribution >= 4 is 22.4 Å². The van der Waals surface area contributed by atoms with Gasteiger partial charge in [-0.3, -0.25) is 4.79 Å². The maximum atomic E-state index is 13.1. The van der Waals surface area contributed by atoms with Gasteiger partial charge in [-0.15, -0.1) is 0 Å². The predicted octanol–water partition coefficient (Wildman–Crippen LogP) is 4.01. The number of piperazine rings is 1. The molecule has 1 N–H and O–H groups in total. The number of aromatic hydroxyl groups is 1. The highest BCUT2D eigenvalue weighted by Gasteiger charge is 2.26. The van der Waals surface area contributed by atoms with E-state index < -0.39 is 0 Å². The van der Waals surface area contributed by atoms with E-state index in [4.69, 9.17) is 4.74 Å². The van der Waals surface area contributed by atoms with Crippen molar-refractivity contribution in [3.05, 3.63) is 66.2 Å². The van der Waals surface area contributed by atoms with Crippen LogP contribution in [0.1, 0.15) is 18.4 Å². The maximum Gasteiger partial charge on any atom is 0.229 e. The Hall–Kier alpha value is -3.21. The molecule has 1 aliphatic rings. The molecule has 0 radical (unpaired) electrons. The number of rotatable bonds is 4. The number of nitrogens with zero attached hydrogens (tertiary/aromatic N) is 2. The van der Waals surface area contributed by atoms with Crippen LogP contribution in [0.3, 0.4) is 0 Å². The summed E-state index contributed by atoms with van der Waals surface area (Å²) >= 11 is 0. The highest BCUT2D eigenvalue weighted by Crippen LogP contribution is 2.27. The molecular weight excluding hydrogens is 364 g/mol. The zero-order valence-electron chi connectivity index (χ0n) is 16.8. The summed E-state index contributed by atoms with van der Waals surface area (Å²) < 4.78 is 5.29. The van der Waals surface area contributed by atoms with Gasteiger partial charge in [0.15, 0.2) is 0 Å². The first-order valence-corrected chi connectivity index (χ1v) is 9.95. The summed E-state index contributed by atoms with van der Waals surface area (Å²) in [4.78, 5) is 17.3. The van der Waals surface area contributed by atoms with Gasteiger partial charge in [-0.2, -0.15) is 0 Å². The molecule has 0 unspecified atom stereocenters. The van der Waals surface area contributed by atoms with Crippen LogP contribution < -0.4 is 9.64 Å². The number of phenolic OH excluding ortho intramolecular Hbond substituents is 1. The van der Waals surface area contributed by atoms with E-state index in [0.717, 1.165) is 40.9 Å². The molecule has 1 atom stereocenters. The first kappa shape index (κ1) is 19.1. The Balaban J connectivity index is 1.43. The molecule has 5 heteroatoms. The van der Waals surface area contributed by atoms with Crippen molar-refractivity contribution in [1.29, 1.82) is 0 Å². The van der Waals surface area contributed by atoms with Crippen molar-refractivity contribution in [3.8, 4) is 11.5 Å². The lowest BCUT2D eigenvalue weighted by Crippen LogP contribution is -2.49. The van der Waals surface area contributed by atoms with E-state index in [-0.39, 0.29) is 17.6 Å². The zero-order valence-corrected chi connectivity index (χ0v) is 16.8. The van der Waals surface area contributed by atoms with Crippen molar-refractivity contribution in [3.63, 3.8) is 0 Å². The number of methoxy groups -OCH3 is 1. The molecule has 5 nitrogen and oxygen atoms in total. The smallest absolute Gasteiger partial charge is 0.229 e. The van der Waals surface area contributed by atoms with E-state index in [1.807, 2.05) is 48.2 Å². The van der Waals surface area contributed by atoms with Gasteiger partial charge in [-0.1, -0.05) is 24.3 Å². The molecular formula is C24H26N2O3. The number of hydrogen-bond donors (Lipinski definition) is 1. The van der Waals surface area contributed by atoms with Gasteiger partial charge in [0.05, 0.1) is 13.0 Å². The average Bonchev–Trinajstić information content (AvgIpc) is 2.78. The van der Waals surface area contributed by atoms with Crippen molar-refractivity contribution < 1.29 is 14.6 Å². The Morgan fingerprint density at radius 1 is 0.931 bits per heavy atom. The van der Waals surface area contributed by atoms with Gasteiger partial charge in [0, 0.05) is 31.9 Å². The molecule has 0 bridgehead atoms. The van der Waals surface area contributed by atoms with Crippen LogP contribution in [0.25, 0.3) is 10.8 Å². The number of benzene rings is 3. The molecule has 0 saturated carbocycles. The number of carbonyl (C=O) groups excluding carboxylic acids is 1. The van der Waals surface area contributed by atoms with Gasteiger partial charge in [0.25, 0.3) is 0 Å². The van der Waals surface area contributed by atoms with Crippen molar-refractivity contribution in [1.82, 2.24) is 4.90 Å². The Morgan fingerprint density at radius 3 is 2.28 bits per heavy atom. The fourth-order valence-corrected chi connectivity index (χ4v) is 3.90. The van der Waals surface area contributed by atoms with Crippen LogP contribution in [0.4, 0.5) is 5.69 Å². The Morgan fingerprint density at radius 2 is 1.59 bits per heavy atom. The van der Waals surface area contributed by atoms with E-state index in [1.54, 1.807) is 19.2 Å². The summed E-state index contributed by atoms with van der Waals surface area (Å²) in [6.45, 7) is 4.98. The van der Waals surface area contributed by atoms with Crippen LogP contribution in [0.15, 0.2) is 60.7 Å². The molecule has 0 aliphatic carbocycles. The minimum absolute atomic E-state index is 0.170. The third kappa shape index (κ3) is 3.99. The summed E-state index contributed by atoms with van der Waals surface area (Å²) in [5, 5.41) is 11.7. The second-order valence-corrected chi connectivity index (χ2v) is 7.52. The molecule has 3 aromatic rings. The van der Waals surface area contributed by atoms with Crippen molar-refractivity contribution in [2.45, 2.75) is 12.8 Å². The number of ether oxygens (including phenoxy) is 1. The van der Waals surface area contributed by atoms with Crippen LogP contribution in [0, 0.1) is 0 Å². The monoisotopic (exact) mass is 390 g/mol. The average molecular weight is 390 g/mol. The Labute approximate surface area is 171 Å². The van der Waals surface area contributed by atoms with Crippen molar-refractivity contribution in [2.75, 3.05) is 38.2 Å². The van der Waals surface area contributed by atoms with Crippen LogP contribution in [-0.4, -0.2) is 49.2 Å². The van der Waals surface area contributed by atoms with Gasteiger partial charge in [0.1, 0.15) is 11.5 Å². The largest absolute Gasteiger partial charge is 0.508 e. The normalized spacial score (nSPS) is 15.4. The van der Waals surface area contributed by atoms with Crippen molar-refractivity contribution in [2.24, 2.45) is 0 Å². The fourth-order valence-electron chi connectivity index (χ4n) is 3.90. The van der Waals surface area contributed by atoms with Crippen LogP contribution in [0.5, 0.6) is 11.5 Å². The lowest BCUT2D eigenvalue weighted by molar-refractivity contribution is -0.132. The fraction of sp³-hybridized carbons (Fsp3) is 0.292. The zero-order chi connectivity index (χ0) is 20.4. The number of phenols is 1.